The Morgan fingerprint density at radius 1 is 1.41 bits per heavy atom. The van der Waals surface area contributed by atoms with E-state index in [1.54, 1.807) is 18.2 Å². The molecule has 1 rings (SSSR count). The van der Waals surface area contributed by atoms with Gasteiger partial charge in [-0.25, -0.2) is 0 Å². The van der Waals surface area contributed by atoms with Gasteiger partial charge in [0.1, 0.15) is 0 Å². The number of nitrogens with one attached hydrogen (secondary N) is 1. The van der Waals surface area contributed by atoms with Gasteiger partial charge in [-0.3, -0.25) is 4.79 Å². The van der Waals surface area contributed by atoms with Crippen LogP contribution in [0.4, 0.5) is 0 Å². The molecule has 0 aliphatic carbocycles. The van der Waals surface area contributed by atoms with Crippen LogP contribution in [0, 0.1) is 0 Å². The number of halogens is 3. The van der Waals surface area contributed by atoms with E-state index in [2.05, 4.69) is 21.2 Å². The van der Waals surface area contributed by atoms with Gasteiger partial charge in [0.05, 0.1) is 10.6 Å². The summed E-state index contributed by atoms with van der Waals surface area (Å²) in [6.07, 6.45) is 1.79. The van der Waals surface area contributed by atoms with E-state index in [0.29, 0.717) is 23.7 Å². The zero-order chi connectivity index (χ0) is 12.0. The van der Waals surface area contributed by atoms with Crippen LogP contribution in [0.5, 0.6) is 0 Å². The maximum atomic E-state index is 11.7. The van der Waals surface area contributed by atoms with Crippen molar-refractivity contribution in [3.63, 3.8) is 0 Å². The van der Waals surface area contributed by atoms with Gasteiger partial charge in [-0.05, 0) is 37.6 Å². The maximum Gasteiger partial charge on any atom is 0.252 e. The molecule has 0 aliphatic heterocycles. The van der Waals surface area contributed by atoms with Crippen LogP contribution in [0.3, 0.4) is 0 Å². The van der Waals surface area contributed by atoms with Crippen molar-refractivity contribution in [2.45, 2.75) is 12.8 Å². The van der Waals surface area contributed by atoms with Gasteiger partial charge in [0.25, 0.3) is 5.91 Å². The van der Waals surface area contributed by atoms with Gasteiger partial charge in [-0.2, -0.15) is 0 Å². The average Bonchev–Trinajstić information content (AvgIpc) is 2.27. The first kappa shape index (κ1) is 16.7. The molecule has 6 heteroatoms. The molecule has 0 saturated heterocycles. The normalized spacial score (nSPS) is 9.59. The molecule has 0 spiro atoms. The molecule has 1 amide bonds. The molecule has 0 atom stereocenters. The van der Waals surface area contributed by atoms with Gasteiger partial charge in [0, 0.05) is 11.0 Å². The SMILES string of the molecule is Cl.NCCCCNC(=O)c1cc(Br)ccc1Cl. The van der Waals surface area contributed by atoms with Crippen LogP contribution in [0.15, 0.2) is 22.7 Å². The molecule has 0 aromatic heterocycles. The summed E-state index contributed by atoms with van der Waals surface area (Å²) < 4.78 is 0.837. The fourth-order valence-electron chi connectivity index (χ4n) is 1.24. The van der Waals surface area contributed by atoms with Crippen molar-refractivity contribution < 1.29 is 4.79 Å². The van der Waals surface area contributed by atoms with Crippen LogP contribution < -0.4 is 11.1 Å². The van der Waals surface area contributed by atoms with E-state index in [4.69, 9.17) is 17.3 Å². The molecule has 1 aromatic carbocycles. The van der Waals surface area contributed by atoms with Crippen molar-refractivity contribution >= 4 is 45.8 Å². The highest BCUT2D eigenvalue weighted by Crippen LogP contribution is 2.20. The van der Waals surface area contributed by atoms with Gasteiger partial charge < -0.3 is 11.1 Å². The van der Waals surface area contributed by atoms with Crippen LogP contribution >= 0.6 is 39.9 Å². The third-order valence-electron chi connectivity index (χ3n) is 2.09. The Balaban J connectivity index is 0.00000256. The van der Waals surface area contributed by atoms with Crippen LogP contribution in [-0.2, 0) is 0 Å². The largest absolute Gasteiger partial charge is 0.352 e. The molecule has 3 nitrogen and oxygen atoms in total. The van der Waals surface area contributed by atoms with E-state index in [0.717, 1.165) is 17.3 Å². The van der Waals surface area contributed by atoms with Crippen molar-refractivity contribution in [1.29, 1.82) is 0 Å². The van der Waals surface area contributed by atoms with E-state index in [9.17, 15) is 4.79 Å². The van der Waals surface area contributed by atoms with Crippen LogP contribution in [-0.4, -0.2) is 19.0 Å². The highest BCUT2D eigenvalue weighted by atomic mass is 79.9. The zero-order valence-corrected chi connectivity index (χ0v) is 12.4. The molecule has 0 unspecified atom stereocenters. The maximum absolute atomic E-state index is 11.7. The molecule has 0 radical (unpaired) electrons. The number of rotatable bonds is 5. The number of carbonyl (C=O) groups excluding carboxylic acids is 1. The van der Waals surface area contributed by atoms with Crippen LogP contribution in [0.1, 0.15) is 23.2 Å². The molecular weight excluding hydrogens is 327 g/mol. The van der Waals surface area contributed by atoms with Crippen LogP contribution in [0.25, 0.3) is 0 Å². The number of benzene rings is 1. The molecule has 96 valence electrons. The topological polar surface area (TPSA) is 55.1 Å². The molecular formula is C11H15BrCl2N2O. The lowest BCUT2D eigenvalue weighted by Gasteiger charge is -2.06. The second kappa shape index (κ2) is 8.75. The molecule has 0 bridgehead atoms. The highest BCUT2D eigenvalue weighted by molar-refractivity contribution is 9.10. The monoisotopic (exact) mass is 340 g/mol. The predicted octanol–water partition coefficient (Wildman–Crippen LogP) is 2.99. The lowest BCUT2D eigenvalue weighted by Crippen LogP contribution is -2.25. The standard InChI is InChI=1S/C11H14BrClN2O.ClH/c12-8-3-4-10(13)9(7-8)11(16)15-6-2-1-5-14;/h3-4,7H,1-2,5-6,14H2,(H,15,16);1H. The van der Waals surface area contributed by atoms with Gasteiger partial charge in [-0.15, -0.1) is 12.4 Å². The summed E-state index contributed by atoms with van der Waals surface area (Å²) in [5.74, 6) is -0.150. The first-order valence-corrected chi connectivity index (χ1v) is 6.25. The van der Waals surface area contributed by atoms with Gasteiger partial charge in [0.2, 0.25) is 0 Å². The second-order valence-corrected chi connectivity index (χ2v) is 4.70. The summed E-state index contributed by atoms with van der Waals surface area (Å²) in [6, 6.07) is 5.20. The van der Waals surface area contributed by atoms with E-state index in [-0.39, 0.29) is 18.3 Å². The fraction of sp³-hybridized carbons (Fsp3) is 0.364. The Hall–Kier alpha value is -0.290. The Kier molecular flexibility index (Phi) is 8.60. The molecule has 0 fully saturated rings. The number of carbonyl (C=O) groups is 1. The van der Waals surface area contributed by atoms with Crippen LogP contribution in [0.2, 0.25) is 5.02 Å². The van der Waals surface area contributed by atoms with Gasteiger partial charge in [0.15, 0.2) is 0 Å². The smallest absolute Gasteiger partial charge is 0.252 e. The predicted molar refractivity (Wildman–Crippen MR) is 77.0 cm³/mol. The van der Waals surface area contributed by atoms with E-state index >= 15 is 0 Å². The zero-order valence-electron chi connectivity index (χ0n) is 9.21. The molecule has 0 saturated carbocycles. The molecule has 17 heavy (non-hydrogen) atoms. The number of hydrogen-bond acceptors (Lipinski definition) is 2. The van der Waals surface area contributed by atoms with Crippen molar-refractivity contribution in [1.82, 2.24) is 5.32 Å². The average molecular weight is 342 g/mol. The quantitative estimate of drug-likeness (QED) is 0.809. The molecule has 3 N–H and O–H groups in total. The van der Waals surface area contributed by atoms with E-state index in [1.165, 1.54) is 0 Å². The number of hydrogen-bond donors (Lipinski definition) is 2. The Morgan fingerprint density at radius 3 is 2.76 bits per heavy atom. The summed E-state index contributed by atoms with van der Waals surface area (Å²) in [6.45, 7) is 1.27. The number of nitrogens with two attached hydrogens (primary N) is 1. The summed E-state index contributed by atoms with van der Waals surface area (Å²) in [5.41, 5.74) is 5.85. The summed E-state index contributed by atoms with van der Waals surface area (Å²) in [5, 5.41) is 3.26. The van der Waals surface area contributed by atoms with Crippen molar-refractivity contribution in [2.75, 3.05) is 13.1 Å². The molecule has 0 aliphatic rings. The second-order valence-electron chi connectivity index (χ2n) is 3.38. The van der Waals surface area contributed by atoms with Crippen molar-refractivity contribution in [3.05, 3.63) is 33.3 Å². The van der Waals surface area contributed by atoms with E-state index < -0.39 is 0 Å². The van der Waals surface area contributed by atoms with Crippen molar-refractivity contribution in [2.24, 2.45) is 5.73 Å². The number of unbranched alkanes of at least 4 members (excludes halogenated alkanes) is 1. The highest BCUT2D eigenvalue weighted by Gasteiger charge is 2.09. The summed E-state index contributed by atoms with van der Waals surface area (Å²) in [7, 11) is 0. The van der Waals surface area contributed by atoms with Crippen molar-refractivity contribution in [3.8, 4) is 0 Å². The summed E-state index contributed by atoms with van der Waals surface area (Å²) >= 11 is 9.23. The third-order valence-corrected chi connectivity index (χ3v) is 2.91. The minimum atomic E-state index is -0.150. The van der Waals surface area contributed by atoms with Gasteiger partial charge in [-0.1, -0.05) is 27.5 Å². The minimum Gasteiger partial charge on any atom is -0.352 e. The number of amides is 1. The Labute approximate surface area is 121 Å². The third kappa shape index (κ3) is 5.73. The van der Waals surface area contributed by atoms with Gasteiger partial charge >= 0.3 is 0 Å². The molecule has 0 heterocycles. The molecule has 1 aromatic rings. The Morgan fingerprint density at radius 2 is 2.12 bits per heavy atom. The van der Waals surface area contributed by atoms with E-state index in [1.807, 2.05) is 0 Å². The fourth-order valence-corrected chi connectivity index (χ4v) is 1.80. The first-order chi connectivity index (χ1) is 7.65. The Bertz CT molecular complexity index is 374. The lowest BCUT2D eigenvalue weighted by atomic mass is 10.2. The summed E-state index contributed by atoms with van der Waals surface area (Å²) in [4.78, 5) is 11.7. The lowest BCUT2D eigenvalue weighted by molar-refractivity contribution is 0.0953. The first-order valence-electron chi connectivity index (χ1n) is 5.08. The minimum absolute atomic E-state index is 0.